The fourth-order valence-corrected chi connectivity index (χ4v) is 1.68. The lowest BCUT2D eigenvalue weighted by Gasteiger charge is -1.95. The number of carboxylic acid groups (broad SMARTS) is 1. The largest absolute Gasteiger partial charge is 0.481 e. The maximum atomic E-state index is 10.6. The van der Waals surface area contributed by atoms with Crippen LogP contribution in [0.1, 0.15) is 19.1 Å². The molecule has 3 nitrogen and oxygen atoms in total. The number of hydrogen-bond acceptors (Lipinski definition) is 2. The first kappa shape index (κ1) is 9.06. The van der Waals surface area contributed by atoms with Crippen molar-refractivity contribution in [2.45, 2.75) is 13.3 Å². The maximum Gasteiger partial charge on any atom is 0.307 e. The molecule has 0 unspecified atom stereocenters. The van der Waals surface area contributed by atoms with Crippen LogP contribution in [0.15, 0.2) is 28.4 Å². The highest BCUT2D eigenvalue weighted by molar-refractivity contribution is 5.75. The summed E-state index contributed by atoms with van der Waals surface area (Å²) in [5, 5.41) is 8.75. The van der Waals surface area contributed by atoms with E-state index in [2.05, 4.69) is 0 Å². The second-order valence-electron chi connectivity index (χ2n) is 3.69. The molecule has 1 saturated carbocycles. The van der Waals surface area contributed by atoms with Crippen LogP contribution in [0.2, 0.25) is 0 Å². The molecule has 0 aromatic carbocycles. The average Bonchev–Trinajstić information content (AvgIpc) is 2.80. The van der Waals surface area contributed by atoms with E-state index in [1.807, 2.05) is 25.1 Å². The van der Waals surface area contributed by atoms with Gasteiger partial charge in [0.25, 0.3) is 0 Å². The van der Waals surface area contributed by atoms with Crippen LogP contribution in [-0.2, 0) is 4.79 Å². The molecule has 1 heterocycles. The van der Waals surface area contributed by atoms with E-state index in [0.717, 1.165) is 17.8 Å². The first-order valence-electron chi connectivity index (χ1n) is 4.63. The normalized spacial score (nSPS) is 26.2. The molecule has 1 fully saturated rings. The van der Waals surface area contributed by atoms with Crippen LogP contribution in [-0.4, -0.2) is 11.1 Å². The molecule has 1 aliphatic rings. The fourth-order valence-electron chi connectivity index (χ4n) is 1.68. The summed E-state index contributed by atoms with van der Waals surface area (Å²) >= 11 is 0. The molecular formula is C11H12O3. The van der Waals surface area contributed by atoms with Gasteiger partial charge in [-0.2, -0.15) is 0 Å². The van der Waals surface area contributed by atoms with Gasteiger partial charge in [0.2, 0.25) is 0 Å². The van der Waals surface area contributed by atoms with Crippen molar-refractivity contribution in [3.05, 3.63) is 29.7 Å². The molecule has 0 aliphatic heterocycles. The van der Waals surface area contributed by atoms with Crippen molar-refractivity contribution < 1.29 is 14.3 Å². The summed E-state index contributed by atoms with van der Waals surface area (Å²) in [6, 6.07) is 3.68. The third-order valence-corrected chi connectivity index (χ3v) is 2.61. The summed E-state index contributed by atoms with van der Waals surface area (Å²) in [6.45, 7) is 1.95. The fraction of sp³-hybridized carbons (Fsp3) is 0.364. The monoisotopic (exact) mass is 192 g/mol. The maximum absolute atomic E-state index is 10.6. The van der Waals surface area contributed by atoms with Gasteiger partial charge in [-0.1, -0.05) is 5.57 Å². The van der Waals surface area contributed by atoms with Crippen molar-refractivity contribution in [3.63, 3.8) is 0 Å². The molecule has 1 aliphatic carbocycles. The number of hydrogen-bond donors (Lipinski definition) is 1. The summed E-state index contributed by atoms with van der Waals surface area (Å²) < 4.78 is 5.15. The van der Waals surface area contributed by atoms with Crippen LogP contribution in [0.3, 0.4) is 0 Å². The van der Waals surface area contributed by atoms with E-state index in [1.54, 1.807) is 6.26 Å². The zero-order valence-corrected chi connectivity index (χ0v) is 7.93. The van der Waals surface area contributed by atoms with Gasteiger partial charge in [0.05, 0.1) is 12.2 Å². The van der Waals surface area contributed by atoms with Crippen molar-refractivity contribution in [3.8, 4) is 0 Å². The number of allylic oxidation sites excluding steroid dienone is 1. The number of carbonyl (C=O) groups is 1. The van der Waals surface area contributed by atoms with Gasteiger partial charge < -0.3 is 9.52 Å². The zero-order valence-electron chi connectivity index (χ0n) is 7.93. The average molecular weight is 192 g/mol. The Balaban J connectivity index is 2.04. The Morgan fingerprint density at radius 2 is 2.43 bits per heavy atom. The van der Waals surface area contributed by atoms with Crippen LogP contribution in [0.4, 0.5) is 0 Å². The van der Waals surface area contributed by atoms with Crippen LogP contribution in [0.5, 0.6) is 0 Å². The molecule has 2 atom stereocenters. The Morgan fingerprint density at radius 3 is 2.93 bits per heavy atom. The first-order chi connectivity index (χ1) is 6.68. The molecule has 0 spiro atoms. The van der Waals surface area contributed by atoms with Gasteiger partial charge in [-0.15, -0.1) is 0 Å². The van der Waals surface area contributed by atoms with Gasteiger partial charge in [-0.05, 0) is 37.5 Å². The molecule has 1 N–H and O–H groups in total. The summed E-state index contributed by atoms with van der Waals surface area (Å²) in [4.78, 5) is 10.6. The molecule has 1 aromatic rings. The number of rotatable bonds is 3. The van der Waals surface area contributed by atoms with Crippen LogP contribution < -0.4 is 0 Å². The predicted molar refractivity (Wildman–Crippen MR) is 51.6 cm³/mol. The van der Waals surface area contributed by atoms with Crippen molar-refractivity contribution in [1.82, 2.24) is 0 Å². The van der Waals surface area contributed by atoms with Crippen LogP contribution in [0.25, 0.3) is 6.08 Å². The van der Waals surface area contributed by atoms with Gasteiger partial charge in [0.1, 0.15) is 5.76 Å². The SMILES string of the molecule is C/C(=C\c1ccco1)[C@@H]1C[C@H]1C(=O)O. The highest BCUT2D eigenvalue weighted by Gasteiger charge is 2.43. The van der Waals surface area contributed by atoms with Crippen molar-refractivity contribution in [2.24, 2.45) is 11.8 Å². The van der Waals surface area contributed by atoms with Gasteiger partial charge in [-0.3, -0.25) is 4.79 Å². The molecule has 0 radical (unpaired) electrons. The number of furan rings is 1. The quantitative estimate of drug-likeness (QED) is 0.800. The van der Waals surface area contributed by atoms with Crippen LogP contribution in [0, 0.1) is 11.8 Å². The smallest absolute Gasteiger partial charge is 0.307 e. The molecule has 14 heavy (non-hydrogen) atoms. The lowest BCUT2D eigenvalue weighted by atomic mass is 10.1. The van der Waals surface area contributed by atoms with Crippen molar-refractivity contribution in [2.75, 3.05) is 0 Å². The molecule has 3 heteroatoms. The van der Waals surface area contributed by atoms with E-state index < -0.39 is 5.97 Å². The van der Waals surface area contributed by atoms with Gasteiger partial charge in [0.15, 0.2) is 0 Å². The van der Waals surface area contributed by atoms with Crippen molar-refractivity contribution >= 4 is 12.0 Å². The molecule has 0 saturated heterocycles. The highest BCUT2D eigenvalue weighted by Crippen LogP contribution is 2.44. The molecule has 0 bridgehead atoms. The van der Waals surface area contributed by atoms with Crippen LogP contribution >= 0.6 is 0 Å². The lowest BCUT2D eigenvalue weighted by molar-refractivity contribution is -0.138. The summed E-state index contributed by atoms with van der Waals surface area (Å²) in [5.74, 6) is 0.125. The van der Waals surface area contributed by atoms with Crippen molar-refractivity contribution in [1.29, 1.82) is 0 Å². The topological polar surface area (TPSA) is 50.4 Å². The first-order valence-corrected chi connectivity index (χ1v) is 4.63. The molecule has 74 valence electrons. The Labute approximate surface area is 82.0 Å². The van der Waals surface area contributed by atoms with E-state index >= 15 is 0 Å². The summed E-state index contributed by atoms with van der Waals surface area (Å²) in [7, 11) is 0. The van der Waals surface area contributed by atoms with E-state index in [9.17, 15) is 4.79 Å². The van der Waals surface area contributed by atoms with Gasteiger partial charge in [-0.25, -0.2) is 0 Å². The number of aliphatic carboxylic acids is 1. The van der Waals surface area contributed by atoms with E-state index in [1.165, 1.54) is 0 Å². The zero-order chi connectivity index (χ0) is 10.1. The molecule has 1 aromatic heterocycles. The van der Waals surface area contributed by atoms with E-state index in [-0.39, 0.29) is 11.8 Å². The van der Waals surface area contributed by atoms with E-state index in [0.29, 0.717) is 0 Å². The Morgan fingerprint density at radius 1 is 1.64 bits per heavy atom. The molecular weight excluding hydrogens is 180 g/mol. The Bertz CT molecular complexity index is 362. The molecule has 0 amide bonds. The van der Waals surface area contributed by atoms with Gasteiger partial charge >= 0.3 is 5.97 Å². The lowest BCUT2D eigenvalue weighted by Crippen LogP contribution is -1.99. The third-order valence-electron chi connectivity index (χ3n) is 2.61. The minimum absolute atomic E-state index is 0.179. The van der Waals surface area contributed by atoms with E-state index in [4.69, 9.17) is 9.52 Å². The highest BCUT2D eigenvalue weighted by atomic mass is 16.4. The minimum Gasteiger partial charge on any atom is -0.481 e. The number of carboxylic acids is 1. The molecule has 2 rings (SSSR count). The second-order valence-corrected chi connectivity index (χ2v) is 3.69. The Kier molecular flexibility index (Phi) is 2.15. The standard InChI is InChI=1S/C11H12O3/c1-7(5-8-3-2-4-14-8)9-6-10(9)11(12)13/h2-5,9-10H,6H2,1H3,(H,12,13)/b7-5+/t9-,10+/m0/s1. The Hall–Kier alpha value is -1.51. The van der Waals surface area contributed by atoms with Gasteiger partial charge in [0, 0.05) is 0 Å². The second kappa shape index (κ2) is 3.33. The third kappa shape index (κ3) is 1.71. The summed E-state index contributed by atoms with van der Waals surface area (Å²) in [5.41, 5.74) is 1.09. The summed E-state index contributed by atoms with van der Waals surface area (Å²) in [6.07, 6.45) is 4.28. The predicted octanol–water partition coefficient (Wildman–Crippen LogP) is 2.40. The minimum atomic E-state index is -0.692.